The lowest BCUT2D eigenvalue weighted by atomic mass is 10.1. The first-order valence-corrected chi connectivity index (χ1v) is 9.53. The molecule has 1 amide bonds. The molecule has 1 saturated heterocycles. The molecular weight excluding hydrogens is 364 g/mol. The Hall–Kier alpha value is -2.60. The summed E-state index contributed by atoms with van der Waals surface area (Å²) in [6.07, 6.45) is 4.97. The summed E-state index contributed by atoms with van der Waals surface area (Å²) in [6, 6.07) is 7.47. The molecule has 6 nitrogen and oxygen atoms in total. The Labute approximate surface area is 162 Å². The van der Waals surface area contributed by atoms with Gasteiger partial charge in [0.1, 0.15) is 17.9 Å². The van der Waals surface area contributed by atoms with Gasteiger partial charge in [-0.25, -0.2) is 9.97 Å². The lowest BCUT2D eigenvalue weighted by Gasteiger charge is -2.28. The van der Waals surface area contributed by atoms with Crippen LogP contribution in [-0.2, 0) is 6.54 Å². The number of furan rings is 1. The summed E-state index contributed by atoms with van der Waals surface area (Å²) in [5.41, 5.74) is 1.81. The first-order chi connectivity index (χ1) is 13.1. The molecule has 3 heterocycles. The molecule has 0 atom stereocenters. The minimum absolute atomic E-state index is 0.209. The third kappa shape index (κ3) is 3.49. The summed E-state index contributed by atoms with van der Waals surface area (Å²) in [4.78, 5) is 23.9. The van der Waals surface area contributed by atoms with Gasteiger partial charge in [0.25, 0.3) is 5.91 Å². The number of carbonyl (C=O) groups is 1. The molecular formula is C20H21ClN4O2. The number of hydrogen-bond donors (Lipinski definition) is 1. The van der Waals surface area contributed by atoms with Gasteiger partial charge in [-0.1, -0.05) is 29.8 Å². The summed E-state index contributed by atoms with van der Waals surface area (Å²) in [5.74, 6) is 1.11. The standard InChI is InChI=1S/C20H21ClN4O2/c1-13-16(19(26)22-11-14-7-3-4-8-15(14)21)17-18(23-12-24-20(17)27-13)25-9-5-2-6-10-25/h3-4,7-8,12H,2,5-6,9-11H2,1H3,(H,22,26). The number of carbonyl (C=O) groups excluding carboxylic acids is 1. The molecule has 0 saturated carbocycles. The number of anilines is 1. The van der Waals surface area contributed by atoms with Crippen molar-refractivity contribution < 1.29 is 9.21 Å². The van der Waals surface area contributed by atoms with Crippen LogP contribution in [-0.4, -0.2) is 29.0 Å². The zero-order chi connectivity index (χ0) is 18.8. The van der Waals surface area contributed by atoms with Crippen LogP contribution < -0.4 is 10.2 Å². The highest BCUT2D eigenvalue weighted by atomic mass is 35.5. The summed E-state index contributed by atoms with van der Waals surface area (Å²) in [6.45, 7) is 3.98. The molecule has 7 heteroatoms. The van der Waals surface area contributed by atoms with E-state index in [9.17, 15) is 4.79 Å². The Kier molecular flexibility index (Phi) is 4.99. The van der Waals surface area contributed by atoms with E-state index in [0.717, 1.165) is 37.3 Å². The fourth-order valence-corrected chi connectivity index (χ4v) is 3.76. The number of benzene rings is 1. The zero-order valence-electron chi connectivity index (χ0n) is 15.2. The van der Waals surface area contributed by atoms with Crippen LogP contribution in [0, 0.1) is 6.92 Å². The molecule has 1 fully saturated rings. The number of piperidine rings is 1. The van der Waals surface area contributed by atoms with Gasteiger partial charge in [-0.15, -0.1) is 0 Å². The molecule has 0 radical (unpaired) electrons. The van der Waals surface area contributed by atoms with E-state index < -0.39 is 0 Å². The van der Waals surface area contributed by atoms with Gasteiger partial charge in [-0.05, 0) is 37.8 Å². The molecule has 3 aromatic rings. The zero-order valence-corrected chi connectivity index (χ0v) is 15.9. The lowest BCUT2D eigenvalue weighted by Crippen LogP contribution is -2.31. The first kappa shape index (κ1) is 17.8. The van der Waals surface area contributed by atoms with Crippen LogP contribution in [0.4, 0.5) is 5.82 Å². The summed E-state index contributed by atoms with van der Waals surface area (Å²) in [7, 11) is 0. The Morgan fingerprint density at radius 2 is 2.00 bits per heavy atom. The highest BCUT2D eigenvalue weighted by Gasteiger charge is 2.25. The molecule has 4 rings (SSSR count). The fraction of sp³-hybridized carbons (Fsp3) is 0.350. The van der Waals surface area contributed by atoms with E-state index >= 15 is 0 Å². The van der Waals surface area contributed by atoms with E-state index in [1.807, 2.05) is 24.3 Å². The quantitative estimate of drug-likeness (QED) is 0.733. The van der Waals surface area contributed by atoms with Gasteiger partial charge in [0.15, 0.2) is 0 Å². The Balaban J connectivity index is 1.67. The number of halogens is 1. The van der Waals surface area contributed by atoms with E-state index in [-0.39, 0.29) is 5.91 Å². The maximum Gasteiger partial charge on any atom is 0.255 e. The number of rotatable bonds is 4. The normalized spacial score (nSPS) is 14.5. The van der Waals surface area contributed by atoms with Crippen LogP contribution in [0.1, 0.15) is 40.9 Å². The number of hydrogen-bond acceptors (Lipinski definition) is 5. The van der Waals surface area contributed by atoms with Crippen molar-refractivity contribution in [3.05, 3.63) is 52.5 Å². The van der Waals surface area contributed by atoms with Gasteiger partial charge in [-0.3, -0.25) is 4.79 Å². The van der Waals surface area contributed by atoms with Gasteiger partial charge in [0.05, 0.1) is 10.9 Å². The van der Waals surface area contributed by atoms with Gasteiger partial charge in [0.2, 0.25) is 5.71 Å². The molecule has 140 valence electrons. The van der Waals surface area contributed by atoms with Crippen LogP contribution in [0.15, 0.2) is 35.0 Å². The third-order valence-corrected chi connectivity index (χ3v) is 5.29. The number of amides is 1. The average Bonchev–Trinajstić information content (AvgIpc) is 3.03. The second-order valence-corrected chi connectivity index (χ2v) is 7.14. The number of nitrogens with one attached hydrogen (secondary N) is 1. The van der Waals surface area contributed by atoms with Crippen molar-refractivity contribution >= 4 is 34.4 Å². The van der Waals surface area contributed by atoms with E-state index in [0.29, 0.717) is 34.0 Å². The highest BCUT2D eigenvalue weighted by Crippen LogP contribution is 2.32. The molecule has 0 aliphatic carbocycles. The summed E-state index contributed by atoms with van der Waals surface area (Å²) < 4.78 is 5.76. The van der Waals surface area contributed by atoms with Gasteiger partial charge < -0.3 is 14.6 Å². The van der Waals surface area contributed by atoms with Crippen molar-refractivity contribution in [2.75, 3.05) is 18.0 Å². The van der Waals surface area contributed by atoms with Gasteiger partial charge in [-0.2, -0.15) is 0 Å². The number of aryl methyl sites for hydroxylation is 1. The van der Waals surface area contributed by atoms with E-state index in [4.69, 9.17) is 16.0 Å². The smallest absolute Gasteiger partial charge is 0.255 e. The predicted molar refractivity (Wildman–Crippen MR) is 105 cm³/mol. The van der Waals surface area contributed by atoms with Crippen LogP contribution in [0.5, 0.6) is 0 Å². The second-order valence-electron chi connectivity index (χ2n) is 6.73. The summed E-state index contributed by atoms with van der Waals surface area (Å²) in [5, 5.41) is 4.26. The van der Waals surface area contributed by atoms with Crippen LogP contribution in [0.25, 0.3) is 11.1 Å². The van der Waals surface area contributed by atoms with E-state index in [1.54, 1.807) is 6.92 Å². The van der Waals surface area contributed by atoms with Crippen LogP contribution in [0.3, 0.4) is 0 Å². The molecule has 1 N–H and O–H groups in total. The maximum atomic E-state index is 13.0. The minimum Gasteiger partial charge on any atom is -0.442 e. The fourth-order valence-electron chi connectivity index (χ4n) is 3.55. The third-order valence-electron chi connectivity index (χ3n) is 4.92. The average molecular weight is 385 g/mol. The monoisotopic (exact) mass is 384 g/mol. The van der Waals surface area contributed by atoms with Gasteiger partial charge in [0, 0.05) is 24.7 Å². The van der Waals surface area contributed by atoms with Crippen molar-refractivity contribution in [3.63, 3.8) is 0 Å². The topological polar surface area (TPSA) is 71.3 Å². The molecule has 0 unspecified atom stereocenters. The van der Waals surface area contributed by atoms with Crippen molar-refractivity contribution in [3.8, 4) is 0 Å². The van der Waals surface area contributed by atoms with E-state index in [2.05, 4.69) is 20.2 Å². The largest absolute Gasteiger partial charge is 0.442 e. The Morgan fingerprint density at radius 1 is 1.22 bits per heavy atom. The summed E-state index contributed by atoms with van der Waals surface area (Å²) >= 11 is 6.19. The van der Waals surface area contributed by atoms with Crippen molar-refractivity contribution in [2.45, 2.75) is 32.7 Å². The van der Waals surface area contributed by atoms with E-state index in [1.165, 1.54) is 12.7 Å². The predicted octanol–water partition coefficient (Wildman–Crippen LogP) is 4.10. The Morgan fingerprint density at radius 3 is 2.78 bits per heavy atom. The van der Waals surface area contributed by atoms with Crippen molar-refractivity contribution in [2.24, 2.45) is 0 Å². The van der Waals surface area contributed by atoms with Crippen molar-refractivity contribution in [1.82, 2.24) is 15.3 Å². The molecule has 27 heavy (non-hydrogen) atoms. The first-order valence-electron chi connectivity index (χ1n) is 9.16. The minimum atomic E-state index is -0.209. The van der Waals surface area contributed by atoms with Crippen LogP contribution in [0.2, 0.25) is 5.02 Å². The number of aromatic nitrogens is 2. The second kappa shape index (κ2) is 7.56. The molecule has 1 aromatic carbocycles. The number of nitrogens with zero attached hydrogens (tertiary/aromatic N) is 3. The highest BCUT2D eigenvalue weighted by molar-refractivity contribution is 6.31. The maximum absolute atomic E-state index is 13.0. The lowest BCUT2D eigenvalue weighted by molar-refractivity contribution is 0.0951. The Bertz CT molecular complexity index is 979. The molecule has 2 aromatic heterocycles. The van der Waals surface area contributed by atoms with Crippen LogP contribution >= 0.6 is 11.6 Å². The number of fused-ring (bicyclic) bond motifs is 1. The van der Waals surface area contributed by atoms with Crippen molar-refractivity contribution in [1.29, 1.82) is 0 Å². The molecule has 0 bridgehead atoms. The molecule has 0 spiro atoms. The molecule has 1 aliphatic rings. The SMILES string of the molecule is Cc1oc2ncnc(N3CCCCC3)c2c1C(=O)NCc1ccccc1Cl. The van der Waals surface area contributed by atoms with Gasteiger partial charge >= 0.3 is 0 Å². The molecule has 1 aliphatic heterocycles.